The number of hydrogen-bond acceptors (Lipinski definition) is 3. The topological polar surface area (TPSA) is 43.4 Å². The second kappa shape index (κ2) is 4.65. The molecule has 0 saturated heterocycles. The normalized spacial score (nSPS) is 9.86. The lowest BCUT2D eigenvalue weighted by molar-refractivity contribution is -0.255. The summed E-state index contributed by atoms with van der Waals surface area (Å²) in [6, 6.07) is 6.75. The van der Waals surface area contributed by atoms with Crippen LogP contribution >= 0.6 is 0 Å². The molecule has 1 aromatic carbocycles. The standard InChI is InChI=1S/C11H15NO2/c1-3-12(4-2)10-7-5-9(6-8-10)11(13)14/h5-8H,3-4H2,1-2H3,(H,13,14)/p-1. The number of carboxylic acid groups (broad SMARTS) is 1. The molecular formula is C11H14NO2-. The molecule has 0 unspecified atom stereocenters. The first-order valence-corrected chi connectivity index (χ1v) is 4.75. The molecule has 0 radical (unpaired) electrons. The summed E-state index contributed by atoms with van der Waals surface area (Å²) in [6.45, 7) is 5.97. The number of carboxylic acids is 1. The van der Waals surface area contributed by atoms with Gasteiger partial charge in [0.05, 0.1) is 5.97 Å². The highest BCUT2D eigenvalue weighted by atomic mass is 16.4. The maximum atomic E-state index is 10.5. The Morgan fingerprint density at radius 3 is 2.07 bits per heavy atom. The van der Waals surface area contributed by atoms with E-state index in [1.807, 2.05) is 0 Å². The van der Waals surface area contributed by atoms with Gasteiger partial charge in [-0.1, -0.05) is 12.1 Å². The van der Waals surface area contributed by atoms with Gasteiger partial charge in [0, 0.05) is 18.8 Å². The van der Waals surface area contributed by atoms with Gasteiger partial charge in [-0.25, -0.2) is 0 Å². The molecule has 0 aliphatic heterocycles. The molecule has 76 valence electrons. The van der Waals surface area contributed by atoms with Crippen molar-refractivity contribution in [3.63, 3.8) is 0 Å². The minimum absolute atomic E-state index is 0.223. The van der Waals surface area contributed by atoms with Crippen LogP contribution in [-0.4, -0.2) is 19.1 Å². The lowest BCUT2D eigenvalue weighted by atomic mass is 10.2. The first kappa shape index (κ1) is 10.6. The summed E-state index contributed by atoms with van der Waals surface area (Å²) in [5.41, 5.74) is 1.26. The van der Waals surface area contributed by atoms with E-state index in [9.17, 15) is 9.90 Å². The zero-order valence-corrected chi connectivity index (χ0v) is 8.49. The Balaban J connectivity index is 2.87. The Kier molecular flexibility index (Phi) is 3.51. The second-order valence-corrected chi connectivity index (χ2v) is 3.01. The summed E-state index contributed by atoms with van der Waals surface area (Å²) >= 11 is 0. The van der Waals surface area contributed by atoms with Crippen molar-refractivity contribution in [3.8, 4) is 0 Å². The number of nitrogens with zero attached hydrogens (tertiary/aromatic N) is 1. The number of aromatic carboxylic acids is 1. The highest BCUT2D eigenvalue weighted by Crippen LogP contribution is 2.14. The number of carbonyl (C=O) groups excluding carboxylic acids is 1. The molecule has 1 rings (SSSR count). The van der Waals surface area contributed by atoms with Crippen molar-refractivity contribution in [2.75, 3.05) is 18.0 Å². The van der Waals surface area contributed by atoms with Gasteiger partial charge in [0.15, 0.2) is 0 Å². The minimum Gasteiger partial charge on any atom is -0.545 e. The predicted octanol–water partition coefficient (Wildman–Crippen LogP) is 0.896. The summed E-state index contributed by atoms with van der Waals surface area (Å²) in [5.74, 6) is -1.13. The van der Waals surface area contributed by atoms with Crippen molar-refractivity contribution in [3.05, 3.63) is 29.8 Å². The fourth-order valence-electron chi connectivity index (χ4n) is 1.40. The zero-order chi connectivity index (χ0) is 10.6. The van der Waals surface area contributed by atoms with Crippen LogP contribution in [0.4, 0.5) is 5.69 Å². The van der Waals surface area contributed by atoms with E-state index in [-0.39, 0.29) is 5.56 Å². The van der Waals surface area contributed by atoms with Crippen LogP contribution in [0.2, 0.25) is 0 Å². The van der Waals surface area contributed by atoms with E-state index in [1.165, 1.54) is 0 Å². The third-order valence-corrected chi connectivity index (χ3v) is 2.23. The van der Waals surface area contributed by atoms with Gasteiger partial charge >= 0.3 is 0 Å². The summed E-state index contributed by atoms with van der Waals surface area (Å²) in [6.07, 6.45) is 0. The summed E-state index contributed by atoms with van der Waals surface area (Å²) in [4.78, 5) is 12.6. The molecule has 0 bridgehead atoms. The summed E-state index contributed by atoms with van der Waals surface area (Å²) < 4.78 is 0. The monoisotopic (exact) mass is 192 g/mol. The Morgan fingerprint density at radius 2 is 1.71 bits per heavy atom. The lowest BCUT2D eigenvalue weighted by Crippen LogP contribution is -2.23. The van der Waals surface area contributed by atoms with E-state index in [4.69, 9.17) is 0 Å². The van der Waals surface area contributed by atoms with Gasteiger partial charge in [-0.05, 0) is 31.5 Å². The predicted molar refractivity (Wildman–Crippen MR) is 54.3 cm³/mol. The molecule has 14 heavy (non-hydrogen) atoms. The molecule has 0 N–H and O–H groups in total. The molecule has 0 amide bonds. The van der Waals surface area contributed by atoms with Crippen LogP contribution in [0.1, 0.15) is 24.2 Å². The molecule has 1 aromatic rings. The van der Waals surface area contributed by atoms with Gasteiger partial charge in [0.1, 0.15) is 0 Å². The highest BCUT2D eigenvalue weighted by Gasteiger charge is 2.00. The molecule has 0 aromatic heterocycles. The largest absolute Gasteiger partial charge is 0.545 e. The Hall–Kier alpha value is -1.51. The molecule has 0 spiro atoms. The van der Waals surface area contributed by atoms with Crippen molar-refractivity contribution >= 4 is 11.7 Å². The third-order valence-electron chi connectivity index (χ3n) is 2.23. The third kappa shape index (κ3) is 2.25. The minimum atomic E-state index is -1.13. The van der Waals surface area contributed by atoms with Crippen LogP contribution in [-0.2, 0) is 0 Å². The van der Waals surface area contributed by atoms with Crippen LogP contribution < -0.4 is 10.0 Å². The number of rotatable bonds is 4. The van der Waals surface area contributed by atoms with Crippen molar-refractivity contribution < 1.29 is 9.90 Å². The molecule has 0 heterocycles. The van der Waals surface area contributed by atoms with Crippen LogP contribution in [0, 0.1) is 0 Å². The smallest absolute Gasteiger partial charge is 0.0715 e. The Labute approximate surface area is 84.0 Å². The fraction of sp³-hybridized carbons (Fsp3) is 0.364. The number of hydrogen-bond donors (Lipinski definition) is 0. The van der Waals surface area contributed by atoms with Gasteiger partial charge in [-0.15, -0.1) is 0 Å². The summed E-state index contributed by atoms with van der Waals surface area (Å²) in [5, 5.41) is 10.5. The molecule has 3 nitrogen and oxygen atoms in total. The molecule has 0 aliphatic rings. The van der Waals surface area contributed by atoms with Crippen molar-refractivity contribution in [2.45, 2.75) is 13.8 Å². The average Bonchev–Trinajstić information content (AvgIpc) is 2.20. The van der Waals surface area contributed by atoms with E-state index in [2.05, 4.69) is 18.7 Å². The van der Waals surface area contributed by atoms with Crippen molar-refractivity contribution in [2.24, 2.45) is 0 Å². The van der Waals surface area contributed by atoms with E-state index in [1.54, 1.807) is 24.3 Å². The SMILES string of the molecule is CCN(CC)c1ccc(C(=O)[O-])cc1. The van der Waals surface area contributed by atoms with Crippen molar-refractivity contribution in [1.29, 1.82) is 0 Å². The fourth-order valence-corrected chi connectivity index (χ4v) is 1.40. The zero-order valence-electron chi connectivity index (χ0n) is 8.49. The molecule has 3 heteroatoms. The molecule has 0 fully saturated rings. The maximum Gasteiger partial charge on any atom is 0.0715 e. The van der Waals surface area contributed by atoms with E-state index in [0.29, 0.717) is 0 Å². The lowest BCUT2D eigenvalue weighted by Gasteiger charge is -2.21. The van der Waals surface area contributed by atoms with Crippen molar-refractivity contribution in [1.82, 2.24) is 0 Å². The summed E-state index contributed by atoms with van der Waals surface area (Å²) in [7, 11) is 0. The number of carbonyl (C=O) groups is 1. The first-order valence-electron chi connectivity index (χ1n) is 4.75. The number of benzene rings is 1. The highest BCUT2D eigenvalue weighted by molar-refractivity contribution is 5.86. The molecule has 0 aliphatic carbocycles. The Morgan fingerprint density at radius 1 is 1.21 bits per heavy atom. The van der Waals surface area contributed by atoms with Gasteiger partial charge in [-0.2, -0.15) is 0 Å². The van der Waals surface area contributed by atoms with Crippen LogP contribution in [0.3, 0.4) is 0 Å². The Bertz CT molecular complexity index is 302. The van der Waals surface area contributed by atoms with Gasteiger partial charge in [0.25, 0.3) is 0 Å². The van der Waals surface area contributed by atoms with E-state index >= 15 is 0 Å². The maximum absolute atomic E-state index is 10.5. The van der Waals surface area contributed by atoms with E-state index in [0.717, 1.165) is 18.8 Å². The first-order chi connectivity index (χ1) is 6.69. The van der Waals surface area contributed by atoms with Gasteiger partial charge in [-0.3, -0.25) is 0 Å². The second-order valence-electron chi connectivity index (χ2n) is 3.01. The van der Waals surface area contributed by atoms with Crippen LogP contribution in [0.5, 0.6) is 0 Å². The number of anilines is 1. The quantitative estimate of drug-likeness (QED) is 0.711. The average molecular weight is 192 g/mol. The van der Waals surface area contributed by atoms with Crippen LogP contribution in [0.25, 0.3) is 0 Å². The molecular weight excluding hydrogens is 178 g/mol. The van der Waals surface area contributed by atoms with Gasteiger partial charge in [0.2, 0.25) is 0 Å². The van der Waals surface area contributed by atoms with Crippen LogP contribution in [0.15, 0.2) is 24.3 Å². The molecule has 0 saturated carbocycles. The molecule has 0 atom stereocenters. The van der Waals surface area contributed by atoms with E-state index < -0.39 is 5.97 Å². The van der Waals surface area contributed by atoms with Gasteiger partial charge < -0.3 is 14.8 Å².